The molecule has 0 N–H and O–H groups in total. The Bertz CT molecular complexity index is 607. The summed E-state index contributed by atoms with van der Waals surface area (Å²) in [6.45, 7) is 11.9. The average molecular weight is 288 g/mol. The van der Waals surface area contributed by atoms with Gasteiger partial charge in [0, 0.05) is 25.7 Å². The number of nitrogens with zero attached hydrogens (tertiary/aromatic N) is 6. The lowest BCUT2D eigenvalue weighted by atomic mass is 10.2. The minimum absolute atomic E-state index is 0.442. The number of fused-ring (bicyclic) bond motifs is 1. The molecule has 1 unspecified atom stereocenters. The number of hydrogen-bond donors (Lipinski definition) is 0. The Labute approximate surface area is 125 Å². The van der Waals surface area contributed by atoms with Crippen LogP contribution in [0.5, 0.6) is 0 Å². The van der Waals surface area contributed by atoms with Crippen LogP contribution in [0.4, 0.5) is 5.82 Å². The molecular weight excluding hydrogens is 264 g/mol. The highest BCUT2D eigenvalue weighted by molar-refractivity contribution is 5.83. The summed E-state index contributed by atoms with van der Waals surface area (Å²) in [5, 5.41) is 0. The van der Waals surface area contributed by atoms with Gasteiger partial charge in [0.05, 0.1) is 6.33 Å². The van der Waals surface area contributed by atoms with Crippen molar-refractivity contribution < 1.29 is 0 Å². The van der Waals surface area contributed by atoms with Gasteiger partial charge >= 0.3 is 0 Å². The highest BCUT2D eigenvalue weighted by Crippen LogP contribution is 2.25. The lowest BCUT2D eigenvalue weighted by Gasteiger charge is -2.29. The van der Waals surface area contributed by atoms with Crippen LogP contribution in [-0.2, 0) is 6.54 Å². The Kier molecular flexibility index (Phi) is 4.05. The van der Waals surface area contributed by atoms with Crippen LogP contribution in [0, 0.1) is 0 Å². The van der Waals surface area contributed by atoms with Gasteiger partial charge in [-0.1, -0.05) is 6.92 Å². The zero-order valence-electron chi connectivity index (χ0n) is 13.2. The van der Waals surface area contributed by atoms with Crippen molar-refractivity contribution in [1.29, 1.82) is 0 Å². The fourth-order valence-corrected chi connectivity index (χ4v) is 3.16. The number of aryl methyl sites for hydroxylation is 1. The number of anilines is 1. The van der Waals surface area contributed by atoms with Gasteiger partial charge in [-0.05, 0) is 33.4 Å². The summed E-state index contributed by atoms with van der Waals surface area (Å²) >= 11 is 0. The molecule has 0 radical (unpaired) electrons. The molecule has 2 aromatic rings. The van der Waals surface area contributed by atoms with Gasteiger partial charge in [-0.25, -0.2) is 15.0 Å². The van der Waals surface area contributed by atoms with E-state index in [2.05, 4.69) is 50.1 Å². The van der Waals surface area contributed by atoms with Gasteiger partial charge in [0.1, 0.15) is 6.33 Å². The highest BCUT2D eigenvalue weighted by Gasteiger charge is 2.24. The summed E-state index contributed by atoms with van der Waals surface area (Å²) in [6.07, 6.45) is 4.70. The third kappa shape index (κ3) is 2.60. The molecule has 6 nitrogen and oxygen atoms in total. The van der Waals surface area contributed by atoms with Gasteiger partial charge in [-0.3, -0.25) is 0 Å². The average Bonchev–Trinajstić information content (AvgIpc) is 2.84. The second kappa shape index (κ2) is 5.97. The van der Waals surface area contributed by atoms with E-state index in [1.165, 1.54) is 0 Å². The SMILES string of the molecule is CCN1CCCN(c2ncnc3c2ncn3CC)C(C)C1. The lowest BCUT2D eigenvalue weighted by molar-refractivity contribution is 0.291. The molecule has 0 amide bonds. The molecule has 3 rings (SSSR count). The van der Waals surface area contributed by atoms with E-state index in [-0.39, 0.29) is 0 Å². The van der Waals surface area contributed by atoms with Crippen molar-refractivity contribution in [3.63, 3.8) is 0 Å². The molecule has 0 saturated carbocycles. The molecule has 0 spiro atoms. The van der Waals surface area contributed by atoms with E-state index in [1.807, 2.05) is 6.33 Å². The first kappa shape index (κ1) is 14.3. The number of aromatic nitrogens is 4. The quantitative estimate of drug-likeness (QED) is 0.861. The van der Waals surface area contributed by atoms with Crippen molar-refractivity contribution in [2.45, 2.75) is 39.8 Å². The Morgan fingerprint density at radius 2 is 2.00 bits per heavy atom. The van der Waals surface area contributed by atoms with Gasteiger partial charge in [0.15, 0.2) is 17.0 Å². The van der Waals surface area contributed by atoms with Crippen molar-refractivity contribution in [3.8, 4) is 0 Å². The van der Waals surface area contributed by atoms with Crippen molar-refractivity contribution in [1.82, 2.24) is 24.4 Å². The van der Waals surface area contributed by atoms with Crippen LogP contribution in [0.25, 0.3) is 11.2 Å². The Balaban J connectivity index is 1.97. The van der Waals surface area contributed by atoms with E-state index < -0.39 is 0 Å². The number of likely N-dealkylation sites (N-methyl/N-ethyl adjacent to an activating group) is 1. The first-order valence-corrected chi connectivity index (χ1v) is 7.89. The maximum absolute atomic E-state index is 4.55. The zero-order chi connectivity index (χ0) is 14.8. The Morgan fingerprint density at radius 1 is 1.14 bits per heavy atom. The lowest BCUT2D eigenvalue weighted by Crippen LogP contribution is -2.39. The van der Waals surface area contributed by atoms with Gasteiger partial charge in [0.25, 0.3) is 0 Å². The maximum Gasteiger partial charge on any atom is 0.165 e. The molecule has 0 aromatic carbocycles. The number of rotatable bonds is 3. The molecule has 1 saturated heterocycles. The predicted octanol–water partition coefficient (Wildman–Crippen LogP) is 1.77. The molecule has 21 heavy (non-hydrogen) atoms. The minimum atomic E-state index is 0.442. The zero-order valence-corrected chi connectivity index (χ0v) is 13.2. The number of imidazole rings is 1. The van der Waals surface area contributed by atoms with E-state index in [0.717, 1.165) is 56.1 Å². The van der Waals surface area contributed by atoms with Crippen LogP contribution in [-0.4, -0.2) is 56.6 Å². The minimum Gasteiger partial charge on any atom is -0.351 e. The summed E-state index contributed by atoms with van der Waals surface area (Å²) in [5.41, 5.74) is 1.86. The summed E-state index contributed by atoms with van der Waals surface area (Å²) in [4.78, 5) is 18.4. The molecular formula is C15H24N6. The monoisotopic (exact) mass is 288 g/mol. The summed E-state index contributed by atoms with van der Waals surface area (Å²) in [5.74, 6) is 0.984. The normalized spacial score (nSPS) is 20.9. The molecule has 1 aliphatic heterocycles. The van der Waals surface area contributed by atoms with Crippen LogP contribution in [0.15, 0.2) is 12.7 Å². The molecule has 6 heteroatoms. The fraction of sp³-hybridized carbons (Fsp3) is 0.667. The molecule has 1 aliphatic rings. The van der Waals surface area contributed by atoms with Crippen molar-refractivity contribution in [2.75, 3.05) is 31.1 Å². The van der Waals surface area contributed by atoms with E-state index >= 15 is 0 Å². The van der Waals surface area contributed by atoms with E-state index in [1.54, 1.807) is 6.33 Å². The second-order valence-electron chi connectivity index (χ2n) is 5.69. The number of hydrogen-bond acceptors (Lipinski definition) is 5. The molecule has 0 bridgehead atoms. The Morgan fingerprint density at radius 3 is 2.76 bits per heavy atom. The second-order valence-corrected chi connectivity index (χ2v) is 5.69. The molecule has 0 aliphatic carbocycles. The van der Waals surface area contributed by atoms with E-state index in [0.29, 0.717) is 6.04 Å². The first-order valence-electron chi connectivity index (χ1n) is 7.89. The Hall–Kier alpha value is -1.69. The van der Waals surface area contributed by atoms with E-state index in [4.69, 9.17) is 0 Å². The summed E-state index contributed by atoms with van der Waals surface area (Å²) in [6, 6.07) is 0.442. The van der Waals surface area contributed by atoms with Crippen LogP contribution < -0.4 is 4.90 Å². The first-order chi connectivity index (χ1) is 10.2. The molecule has 1 fully saturated rings. The van der Waals surface area contributed by atoms with Crippen molar-refractivity contribution >= 4 is 17.0 Å². The summed E-state index contributed by atoms with van der Waals surface area (Å²) in [7, 11) is 0. The van der Waals surface area contributed by atoms with Gasteiger partial charge in [-0.15, -0.1) is 0 Å². The third-order valence-electron chi connectivity index (χ3n) is 4.37. The van der Waals surface area contributed by atoms with Gasteiger partial charge < -0.3 is 14.4 Å². The van der Waals surface area contributed by atoms with Gasteiger partial charge in [-0.2, -0.15) is 0 Å². The standard InChI is InChI=1S/C15H24N6/c1-4-19-7-6-8-21(12(3)9-19)15-13-14(16-10-17-15)20(5-2)11-18-13/h10-12H,4-9H2,1-3H3. The van der Waals surface area contributed by atoms with E-state index in [9.17, 15) is 0 Å². The molecule has 3 heterocycles. The van der Waals surface area contributed by atoms with Crippen molar-refractivity contribution in [2.24, 2.45) is 0 Å². The van der Waals surface area contributed by atoms with Crippen LogP contribution in [0.3, 0.4) is 0 Å². The largest absolute Gasteiger partial charge is 0.351 e. The van der Waals surface area contributed by atoms with Crippen LogP contribution in [0.2, 0.25) is 0 Å². The predicted molar refractivity (Wildman–Crippen MR) is 84.5 cm³/mol. The fourth-order valence-electron chi connectivity index (χ4n) is 3.16. The van der Waals surface area contributed by atoms with Crippen LogP contribution >= 0.6 is 0 Å². The summed E-state index contributed by atoms with van der Waals surface area (Å²) < 4.78 is 2.07. The maximum atomic E-state index is 4.55. The highest BCUT2D eigenvalue weighted by atomic mass is 15.3. The van der Waals surface area contributed by atoms with Gasteiger partial charge in [0.2, 0.25) is 0 Å². The topological polar surface area (TPSA) is 50.1 Å². The van der Waals surface area contributed by atoms with Crippen LogP contribution in [0.1, 0.15) is 27.2 Å². The molecule has 114 valence electrons. The smallest absolute Gasteiger partial charge is 0.165 e. The molecule has 1 atom stereocenters. The molecule has 2 aromatic heterocycles. The third-order valence-corrected chi connectivity index (χ3v) is 4.37. The van der Waals surface area contributed by atoms with Crippen molar-refractivity contribution in [3.05, 3.63) is 12.7 Å².